The summed E-state index contributed by atoms with van der Waals surface area (Å²) in [5, 5.41) is 0. The first-order chi connectivity index (χ1) is 17.0. The fourth-order valence-corrected chi connectivity index (χ4v) is 4.52. The van der Waals surface area contributed by atoms with Crippen LogP contribution >= 0.6 is 0 Å². The van der Waals surface area contributed by atoms with E-state index in [0.717, 1.165) is 91.3 Å². The molecule has 184 valence electrons. The SMILES string of the molecule is CCOC(=O)CCCCCCN1CCCc2nc(-c3ccc(C)nc3)c(-c3ccc(C)cc3)nc21. The second kappa shape index (κ2) is 11.9. The Balaban J connectivity index is 1.53. The van der Waals surface area contributed by atoms with Gasteiger partial charge in [-0.05, 0) is 58.6 Å². The number of fused-ring (bicyclic) bond motifs is 1. The van der Waals surface area contributed by atoms with Crippen LogP contribution in [0.3, 0.4) is 0 Å². The maximum absolute atomic E-state index is 11.5. The quantitative estimate of drug-likeness (QED) is 0.263. The van der Waals surface area contributed by atoms with Crippen LogP contribution in [0.2, 0.25) is 0 Å². The largest absolute Gasteiger partial charge is 0.466 e. The van der Waals surface area contributed by atoms with Gasteiger partial charge < -0.3 is 9.64 Å². The lowest BCUT2D eigenvalue weighted by molar-refractivity contribution is -0.143. The molecule has 2 aromatic heterocycles. The van der Waals surface area contributed by atoms with Crippen molar-refractivity contribution in [3.63, 3.8) is 0 Å². The van der Waals surface area contributed by atoms with Gasteiger partial charge in [-0.15, -0.1) is 0 Å². The molecule has 0 saturated carbocycles. The fraction of sp³-hybridized carbons (Fsp3) is 0.448. The van der Waals surface area contributed by atoms with E-state index in [1.54, 1.807) is 0 Å². The predicted molar refractivity (Wildman–Crippen MR) is 140 cm³/mol. The highest BCUT2D eigenvalue weighted by molar-refractivity contribution is 5.79. The van der Waals surface area contributed by atoms with Crippen LogP contribution in [0.4, 0.5) is 5.82 Å². The first-order valence-corrected chi connectivity index (χ1v) is 12.9. The molecule has 6 heteroatoms. The number of rotatable bonds is 10. The van der Waals surface area contributed by atoms with E-state index < -0.39 is 0 Å². The molecule has 0 bridgehead atoms. The number of aromatic nitrogens is 3. The van der Waals surface area contributed by atoms with Gasteiger partial charge in [0.15, 0.2) is 5.82 Å². The number of ether oxygens (including phenoxy) is 1. The number of nitrogens with zero attached hydrogens (tertiary/aromatic N) is 4. The normalized spacial score (nSPS) is 12.9. The lowest BCUT2D eigenvalue weighted by atomic mass is 10.0. The molecule has 0 spiro atoms. The molecule has 6 nitrogen and oxygen atoms in total. The average molecular weight is 473 g/mol. The van der Waals surface area contributed by atoms with Gasteiger partial charge in [-0.1, -0.05) is 42.7 Å². The molecule has 3 heterocycles. The van der Waals surface area contributed by atoms with Crippen LogP contribution in [0, 0.1) is 13.8 Å². The highest BCUT2D eigenvalue weighted by Gasteiger charge is 2.23. The van der Waals surface area contributed by atoms with Gasteiger partial charge in [-0.25, -0.2) is 9.97 Å². The minimum absolute atomic E-state index is 0.0871. The lowest BCUT2D eigenvalue weighted by Crippen LogP contribution is -2.32. The molecule has 1 aromatic carbocycles. The van der Waals surface area contributed by atoms with Crippen LogP contribution in [0.1, 0.15) is 62.4 Å². The standard InChI is InChI=1S/C29H36N4O2/c1-4-35-26(34)11-7-5-6-8-18-33-19-9-10-25-29(33)32-27(23-15-12-21(2)13-16-23)28(31-25)24-17-14-22(3)30-20-24/h12-17,20H,4-11,18-19H2,1-3H3. The number of pyridine rings is 1. The van der Waals surface area contributed by atoms with Crippen molar-refractivity contribution < 1.29 is 9.53 Å². The van der Waals surface area contributed by atoms with Crippen molar-refractivity contribution >= 4 is 11.8 Å². The molecule has 0 saturated heterocycles. The summed E-state index contributed by atoms with van der Waals surface area (Å²) in [4.78, 5) is 28.8. The molecular formula is C29H36N4O2. The average Bonchev–Trinajstić information content (AvgIpc) is 2.86. The summed E-state index contributed by atoms with van der Waals surface area (Å²) in [6.07, 6.45) is 8.55. The number of benzene rings is 1. The van der Waals surface area contributed by atoms with Gasteiger partial charge in [0.2, 0.25) is 0 Å². The Morgan fingerprint density at radius 2 is 1.69 bits per heavy atom. The second-order valence-electron chi connectivity index (χ2n) is 9.31. The van der Waals surface area contributed by atoms with Crippen LogP contribution < -0.4 is 4.90 Å². The minimum Gasteiger partial charge on any atom is -0.466 e. The molecule has 4 rings (SSSR count). The smallest absolute Gasteiger partial charge is 0.305 e. The van der Waals surface area contributed by atoms with Gasteiger partial charge >= 0.3 is 5.97 Å². The summed E-state index contributed by atoms with van der Waals surface area (Å²) in [6, 6.07) is 12.6. The van der Waals surface area contributed by atoms with Gasteiger partial charge in [0.05, 0.1) is 23.7 Å². The molecule has 0 atom stereocenters. The van der Waals surface area contributed by atoms with Crippen LogP contribution in [0.25, 0.3) is 22.5 Å². The van der Waals surface area contributed by atoms with E-state index in [2.05, 4.69) is 47.1 Å². The Bertz CT molecular complexity index is 1130. The monoisotopic (exact) mass is 472 g/mol. The van der Waals surface area contributed by atoms with E-state index in [0.29, 0.717) is 13.0 Å². The third-order valence-corrected chi connectivity index (χ3v) is 6.46. The third-order valence-electron chi connectivity index (χ3n) is 6.46. The number of unbranched alkanes of at least 4 members (excludes halogenated alkanes) is 3. The number of carbonyl (C=O) groups excluding carboxylic acids is 1. The summed E-state index contributed by atoms with van der Waals surface area (Å²) in [6.45, 7) is 8.37. The third kappa shape index (κ3) is 6.44. The molecule has 1 aliphatic heterocycles. The van der Waals surface area contributed by atoms with Crippen molar-refractivity contribution in [1.82, 2.24) is 15.0 Å². The number of esters is 1. The van der Waals surface area contributed by atoms with Crippen molar-refractivity contribution in [3.05, 3.63) is 59.5 Å². The lowest BCUT2D eigenvalue weighted by Gasteiger charge is -2.30. The molecule has 0 amide bonds. The molecule has 0 unspecified atom stereocenters. The summed E-state index contributed by atoms with van der Waals surface area (Å²) >= 11 is 0. The highest BCUT2D eigenvalue weighted by atomic mass is 16.5. The van der Waals surface area contributed by atoms with Gasteiger partial charge in [-0.3, -0.25) is 9.78 Å². The molecule has 35 heavy (non-hydrogen) atoms. The van der Waals surface area contributed by atoms with Gasteiger partial charge in [0, 0.05) is 42.5 Å². The molecule has 0 radical (unpaired) electrons. The number of carbonyl (C=O) groups is 1. The first-order valence-electron chi connectivity index (χ1n) is 12.9. The zero-order chi connectivity index (χ0) is 24.6. The summed E-state index contributed by atoms with van der Waals surface area (Å²) in [5.41, 5.74) is 7.18. The molecule has 0 fully saturated rings. The zero-order valence-electron chi connectivity index (χ0n) is 21.2. The number of anilines is 1. The summed E-state index contributed by atoms with van der Waals surface area (Å²) < 4.78 is 5.02. The Morgan fingerprint density at radius 1 is 0.943 bits per heavy atom. The van der Waals surface area contributed by atoms with E-state index >= 15 is 0 Å². The van der Waals surface area contributed by atoms with Crippen molar-refractivity contribution in [2.24, 2.45) is 0 Å². The molecule has 1 aliphatic rings. The first kappa shape index (κ1) is 24.8. The Labute approximate surface area is 208 Å². The number of aryl methyl sites for hydroxylation is 3. The van der Waals surface area contributed by atoms with E-state index in [1.165, 1.54) is 5.56 Å². The second-order valence-corrected chi connectivity index (χ2v) is 9.31. The van der Waals surface area contributed by atoms with Crippen molar-refractivity contribution in [2.75, 3.05) is 24.6 Å². The van der Waals surface area contributed by atoms with Crippen LogP contribution in [0.15, 0.2) is 42.6 Å². The zero-order valence-corrected chi connectivity index (χ0v) is 21.2. The molecule has 0 aliphatic carbocycles. The molecule has 0 N–H and O–H groups in total. The van der Waals surface area contributed by atoms with Crippen LogP contribution in [0.5, 0.6) is 0 Å². The topological polar surface area (TPSA) is 68.2 Å². The van der Waals surface area contributed by atoms with E-state index in [9.17, 15) is 4.79 Å². The molecular weight excluding hydrogens is 436 g/mol. The summed E-state index contributed by atoms with van der Waals surface area (Å²) in [7, 11) is 0. The molecule has 3 aromatic rings. The van der Waals surface area contributed by atoms with Gasteiger partial charge in [-0.2, -0.15) is 0 Å². The Kier molecular flexibility index (Phi) is 8.45. The van der Waals surface area contributed by atoms with E-state index in [1.807, 2.05) is 26.1 Å². The predicted octanol–water partition coefficient (Wildman–Crippen LogP) is 6.09. The van der Waals surface area contributed by atoms with E-state index in [-0.39, 0.29) is 5.97 Å². The minimum atomic E-state index is -0.0871. The maximum atomic E-state index is 11.5. The highest BCUT2D eigenvalue weighted by Crippen LogP contribution is 2.34. The van der Waals surface area contributed by atoms with Gasteiger partial charge in [0.1, 0.15) is 0 Å². The fourth-order valence-electron chi connectivity index (χ4n) is 4.52. The Morgan fingerprint density at radius 3 is 2.43 bits per heavy atom. The Hall–Kier alpha value is -3.28. The van der Waals surface area contributed by atoms with Crippen molar-refractivity contribution in [1.29, 1.82) is 0 Å². The van der Waals surface area contributed by atoms with Crippen molar-refractivity contribution in [2.45, 2.75) is 65.7 Å². The van der Waals surface area contributed by atoms with Crippen molar-refractivity contribution in [3.8, 4) is 22.5 Å². The number of hydrogen-bond donors (Lipinski definition) is 0. The maximum Gasteiger partial charge on any atom is 0.305 e. The van der Waals surface area contributed by atoms with Crippen LogP contribution in [-0.2, 0) is 16.0 Å². The number of hydrogen-bond acceptors (Lipinski definition) is 6. The van der Waals surface area contributed by atoms with Gasteiger partial charge in [0.25, 0.3) is 0 Å². The van der Waals surface area contributed by atoms with Crippen LogP contribution in [-0.4, -0.2) is 40.6 Å². The van der Waals surface area contributed by atoms with E-state index in [4.69, 9.17) is 14.7 Å². The summed E-state index contributed by atoms with van der Waals surface area (Å²) in [5.74, 6) is 0.929.